The van der Waals surface area contributed by atoms with E-state index in [4.69, 9.17) is 11.6 Å². The predicted molar refractivity (Wildman–Crippen MR) is 49.3 cm³/mol. The molecular weight excluding hydrogens is 192 g/mol. The van der Waals surface area contributed by atoms with Crippen molar-refractivity contribution in [3.63, 3.8) is 0 Å². The smallest absolute Gasteiger partial charge is 0.306 e. The van der Waals surface area contributed by atoms with Crippen LogP contribution in [0.4, 0.5) is 0 Å². The number of benzene rings is 1. The standard InChI is InChI=1S/C8H5ClN2O2/c9-5-2-7-6(1-4(5)3-12)10-8(13)11-7/h1-3H,(H2,10,11,13). The molecular formula is C8H5ClN2O2. The van der Waals surface area contributed by atoms with Crippen molar-refractivity contribution in [2.24, 2.45) is 0 Å². The molecule has 1 aromatic heterocycles. The number of aromatic nitrogens is 2. The van der Waals surface area contributed by atoms with Crippen LogP contribution < -0.4 is 5.69 Å². The SMILES string of the molecule is O=Cc1cc2[nH]c(=O)[nH]c2cc1Cl. The molecule has 0 saturated carbocycles. The van der Waals surface area contributed by atoms with Crippen LogP contribution in [-0.2, 0) is 0 Å². The molecule has 2 rings (SSSR count). The Hall–Kier alpha value is -1.55. The Morgan fingerprint density at radius 1 is 1.23 bits per heavy atom. The first-order valence-corrected chi connectivity index (χ1v) is 3.95. The second-order valence-corrected chi connectivity index (χ2v) is 3.02. The van der Waals surface area contributed by atoms with Crippen LogP contribution in [0.2, 0.25) is 5.02 Å². The van der Waals surface area contributed by atoms with E-state index in [0.717, 1.165) is 0 Å². The summed E-state index contributed by atoms with van der Waals surface area (Å²) in [6.07, 6.45) is 0.646. The maximum atomic E-state index is 10.9. The van der Waals surface area contributed by atoms with Crippen molar-refractivity contribution in [1.29, 1.82) is 0 Å². The Morgan fingerprint density at radius 3 is 2.46 bits per heavy atom. The van der Waals surface area contributed by atoms with E-state index in [1.54, 1.807) is 6.07 Å². The average Bonchev–Trinajstić information content (AvgIpc) is 2.42. The minimum atomic E-state index is -0.311. The van der Waals surface area contributed by atoms with Crippen molar-refractivity contribution < 1.29 is 4.79 Å². The quantitative estimate of drug-likeness (QED) is 0.676. The van der Waals surface area contributed by atoms with Crippen molar-refractivity contribution >= 4 is 28.9 Å². The Morgan fingerprint density at radius 2 is 1.85 bits per heavy atom. The highest BCUT2D eigenvalue weighted by molar-refractivity contribution is 6.33. The van der Waals surface area contributed by atoms with Crippen LogP contribution in [0.3, 0.4) is 0 Å². The van der Waals surface area contributed by atoms with Crippen LogP contribution in [0.1, 0.15) is 10.4 Å². The molecule has 2 N–H and O–H groups in total. The largest absolute Gasteiger partial charge is 0.323 e. The van der Waals surface area contributed by atoms with Gasteiger partial charge in [-0.3, -0.25) is 4.79 Å². The first kappa shape index (κ1) is 8.07. The average molecular weight is 197 g/mol. The molecule has 2 aromatic rings. The van der Waals surface area contributed by atoms with Gasteiger partial charge < -0.3 is 9.97 Å². The molecule has 0 aliphatic heterocycles. The van der Waals surface area contributed by atoms with E-state index < -0.39 is 0 Å². The molecule has 4 nitrogen and oxygen atoms in total. The lowest BCUT2D eigenvalue weighted by Crippen LogP contribution is -1.99. The van der Waals surface area contributed by atoms with E-state index >= 15 is 0 Å². The minimum absolute atomic E-state index is 0.311. The molecule has 66 valence electrons. The van der Waals surface area contributed by atoms with Crippen molar-refractivity contribution in [3.8, 4) is 0 Å². The van der Waals surface area contributed by atoms with Crippen LogP contribution >= 0.6 is 11.6 Å². The van der Waals surface area contributed by atoms with Gasteiger partial charge in [0.2, 0.25) is 0 Å². The number of carbonyl (C=O) groups excluding carboxylic acids is 1. The number of imidazole rings is 1. The molecule has 0 saturated heterocycles. The summed E-state index contributed by atoms with van der Waals surface area (Å²) in [7, 11) is 0. The molecule has 0 fully saturated rings. The van der Waals surface area contributed by atoms with Gasteiger partial charge in [0.25, 0.3) is 0 Å². The van der Waals surface area contributed by atoms with Crippen molar-refractivity contribution in [2.75, 3.05) is 0 Å². The zero-order chi connectivity index (χ0) is 9.42. The van der Waals surface area contributed by atoms with Crippen molar-refractivity contribution in [2.45, 2.75) is 0 Å². The highest BCUT2D eigenvalue weighted by Crippen LogP contribution is 2.19. The third-order valence-electron chi connectivity index (χ3n) is 1.76. The minimum Gasteiger partial charge on any atom is -0.306 e. The molecule has 13 heavy (non-hydrogen) atoms. The fourth-order valence-electron chi connectivity index (χ4n) is 1.16. The Bertz CT molecular complexity index is 526. The van der Waals surface area contributed by atoms with E-state index in [1.165, 1.54) is 6.07 Å². The molecule has 0 bridgehead atoms. The molecule has 0 aliphatic carbocycles. The van der Waals surface area contributed by atoms with Gasteiger partial charge in [0.15, 0.2) is 6.29 Å². The number of aromatic amines is 2. The van der Waals surface area contributed by atoms with Gasteiger partial charge in [0.05, 0.1) is 16.1 Å². The number of aldehydes is 1. The predicted octanol–water partition coefficient (Wildman–Crippen LogP) is 1.32. The summed E-state index contributed by atoms with van der Waals surface area (Å²) < 4.78 is 0. The Balaban J connectivity index is 2.87. The van der Waals surface area contributed by atoms with Gasteiger partial charge in [-0.25, -0.2) is 4.79 Å². The summed E-state index contributed by atoms with van der Waals surface area (Å²) >= 11 is 5.75. The fourth-order valence-corrected chi connectivity index (χ4v) is 1.37. The molecule has 0 radical (unpaired) electrons. The first-order valence-electron chi connectivity index (χ1n) is 3.57. The summed E-state index contributed by atoms with van der Waals surface area (Å²) in [5.41, 5.74) is 1.23. The number of fused-ring (bicyclic) bond motifs is 1. The molecule has 1 heterocycles. The summed E-state index contributed by atoms with van der Waals surface area (Å²) in [4.78, 5) is 26.4. The van der Waals surface area contributed by atoms with Crippen molar-refractivity contribution in [3.05, 3.63) is 33.2 Å². The maximum absolute atomic E-state index is 10.9. The van der Waals surface area contributed by atoms with Gasteiger partial charge >= 0.3 is 5.69 Å². The van der Waals surface area contributed by atoms with Crippen molar-refractivity contribution in [1.82, 2.24) is 9.97 Å². The molecule has 0 aliphatic rings. The number of H-pyrrole nitrogens is 2. The monoisotopic (exact) mass is 196 g/mol. The van der Waals surface area contributed by atoms with Crippen LogP contribution in [0.5, 0.6) is 0 Å². The maximum Gasteiger partial charge on any atom is 0.323 e. The van der Waals surface area contributed by atoms with Gasteiger partial charge in [0.1, 0.15) is 0 Å². The zero-order valence-corrected chi connectivity index (χ0v) is 7.18. The second kappa shape index (κ2) is 2.74. The number of rotatable bonds is 1. The third-order valence-corrected chi connectivity index (χ3v) is 2.09. The van der Waals surface area contributed by atoms with Crippen LogP contribution in [-0.4, -0.2) is 16.3 Å². The van der Waals surface area contributed by atoms with Crippen LogP contribution in [0.25, 0.3) is 11.0 Å². The van der Waals surface area contributed by atoms with Gasteiger partial charge in [-0.1, -0.05) is 11.6 Å². The molecule has 1 aromatic carbocycles. The van der Waals surface area contributed by atoms with E-state index in [2.05, 4.69) is 9.97 Å². The molecule has 0 amide bonds. The summed E-state index contributed by atoms with van der Waals surface area (Å²) in [5.74, 6) is 0. The second-order valence-electron chi connectivity index (χ2n) is 2.62. The molecule has 0 spiro atoms. The van der Waals surface area contributed by atoms with E-state index in [9.17, 15) is 9.59 Å². The highest BCUT2D eigenvalue weighted by Gasteiger charge is 2.03. The fraction of sp³-hybridized carbons (Fsp3) is 0. The highest BCUT2D eigenvalue weighted by atomic mass is 35.5. The van der Waals surface area contributed by atoms with E-state index in [1.807, 2.05) is 0 Å². The lowest BCUT2D eigenvalue weighted by Gasteiger charge is -1.94. The number of hydrogen-bond acceptors (Lipinski definition) is 2. The van der Waals surface area contributed by atoms with Gasteiger partial charge in [-0.05, 0) is 12.1 Å². The number of carbonyl (C=O) groups is 1. The van der Waals surface area contributed by atoms with E-state index in [0.29, 0.717) is 27.9 Å². The topological polar surface area (TPSA) is 65.7 Å². The van der Waals surface area contributed by atoms with Gasteiger partial charge in [-0.2, -0.15) is 0 Å². The molecule has 5 heteroatoms. The summed E-state index contributed by atoms with van der Waals surface area (Å²) in [6, 6.07) is 3.07. The lowest BCUT2D eigenvalue weighted by atomic mass is 10.2. The summed E-state index contributed by atoms with van der Waals surface area (Å²) in [5, 5.41) is 0.331. The molecule has 0 unspecified atom stereocenters. The molecule has 0 atom stereocenters. The number of halogens is 1. The van der Waals surface area contributed by atoms with Crippen LogP contribution in [0, 0.1) is 0 Å². The summed E-state index contributed by atoms with van der Waals surface area (Å²) in [6.45, 7) is 0. The zero-order valence-electron chi connectivity index (χ0n) is 6.43. The number of nitrogens with one attached hydrogen (secondary N) is 2. The van der Waals surface area contributed by atoms with Gasteiger partial charge in [-0.15, -0.1) is 0 Å². The normalized spacial score (nSPS) is 10.5. The third kappa shape index (κ3) is 1.25. The number of hydrogen-bond donors (Lipinski definition) is 2. The Kier molecular flexibility index (Phi) is 1.70. The van der Waals surface area contributed by atoms with Gasteiger partial charge in [0, 0.05) is 5.56 Å². The Labute approximate surface area is 77.5 Å². The van der Waals surface area contributed by atoms with E-state index in [-0.39, 0.29) is 5.69 Å². The first-order chi connectivity index (χ1) is 6.20. The lowest BCUT2D eigenvalue weighted by molar-refractivity contribution is 0.112. The van der Waals surface area contributed by atoms with Crippen LogP contribution in [0.15, 0.2) is 16.9 Å².